The Labute approximate surface area is 159 Å². The van der Waals surface area contributed by atoms with E-state index in [0.717, 1.165) is 17.6 Å². The molecule has 26 heavy (non-hydrogen) atoms. The van der Waals surface area contributed by atoms with E-state index in [9.17, 15) is 9.90 Å². The van der Waals surface area contributed by atoms with Gasteiger partial charge in [-0.15, -0.1) is 0 Å². The van der Waals surface area contributed by atoms with Gasteiger partial charge in [-0.05, 0) is 67.9 Å². The Morgan fingerprint density at radius 3 is 1.62 bits per heavy atom. The monoisotopic (exact) mass is 359 g/mol. The van der Waals surface area contributed by atoms with Gasteiger partial charge in [-0.25, -0.2) is 0 Å². The maximum absolute atomic E-state index is 10.5. The third-order valence-corrected chi connectivity index (χ3v) is 5.83. The van der Waals surface area contributed by atoms with Crippen molar-refractivity contribution >= 4 is 5.97 Å². The zero-order valence-corrected chi connectivity index (χ0v) is 16.9. The lowest BCUT2D eigenvalue weighted by Crippen LogP contribution is -2.95. The van der Waals surface area contributed by atoms with Gasteiger partial charge in [0.05, 0.1) is 18.1 Å². The van der Waals surface area contributed by atoms with Crippen LogP contribution in [0.25, 0.3) is 0 Å². The van der Waals surface area contributed by atoms with Crippen LogP contribution in [-0.2, 0) is 5.41 Å². The van der Waals surface area contributed by atoms with Crippen LogP contribution in [0.1, 0.15) is 101 Å². The van der Waals surface area contributed by atoms with E-state index in [0.29, 0.717) is 0 Å². The van der Waals surface area contributed by atoms with Crippen LogP contribution in [0.15, 0.2) is 24.3 Å². The molecule has 2 N–H and O–H groups in total. The molecule has 0 unspecified atom stereocenters. The molecule has 0 atom stereocenters. The molecule has 0 saturated heterocycles. The predicted octanol–water partition coefficient (Wildman–Crippen LogP) is 3.56. The number of carbonyl (C=O) groups is 1. The first kappa shape index (κ1) is 21.0. The Bertz CT molecular complexity index is 516. The summed E-state index contributed by atoms with van der Waals surface area (Å²) in [6.07, 6.45) is 15.0. The average molecular weight is 360 g/mol. The minimum absolute atomic E-state index is 0.0600. The van der Waals surface area contributed by atoms with Crippen molar-refractivity contribution in [1.82, 2.24) is 0 Å². The molecule has 0 radical (unpaired) electrons. The Hall–Kier alpha value is -1.35. The van der Waals surface area contributed by atoms with E-state index in [1.807, 2.05) is 12.1 Å². The lowest BCUT2D eigenvalue weighted by molar-refractivity contribution is -0.725. The van der Waals surface area contributed by atoms with Gasteiger partial charge in [-0.2, -0.15) is 0 Å². The molecule has 2 aliphatic rings. The van der Waals surface area contributed by atoms with Gasteiger partial charge >= 0.3 is 0 Å². The molecule has 2 fully saturated rings. The minimum Gasteiger partial charge on any atom is -0.545 e. The van der Waals surface area contributed by atoms with Gasteiger partial charge in [0.25, 0.3) is 0 Å². The second-order valence-electron chi connectivity index (χ2n) is 9.10. The number of carboxylic acids is 1. The number of aromatic carboxylic acids is 1. The summed E-state index contributed by atoms with van der Waals surface area (Å²) in [5.74, 6) is -1.12. The van der Waals surface area contributed by atoms with Gasteiger partial charge in [0.2, 0.25) is 0 Å². The predicted molar refractivity (Wildman–Crippen MR) is 105 cm³/mol. The van der Waals surface area contributed by atoms with Gasteiger partial charge in [0.15, 0.2) is 0 Å². The van der Waals surface area contributed by atoms with E-state index in [1.165, 1.54) is 64.2 Å². The van der Waals surface area contributed by atoms with Crippen molar-refractivity contribution in [3.8, 4) is 0 Å². The smallest absolute Gasteiger partial charge is 0.0861 e. The Kier molecular flexibility index (Phi) is 8.15. The molecule has 3 nitrogen and oxygen atoms in total. The molecule has 2 aliphatic carbocycles. The fourth-order valence-electron chi connectivity index (χ4n) is 4.14. The number of nitrogens with two attached hydrogens (primary N) is 1. The van der Waals surface area contributed by atoms with Crippen LogP contribution in [-0.4, -0.2) is 18.1 Å². The zero-order chi connectivity index (χ0) is 19.0. The molecule has 0 aromatic heterocycles. The zero-order valence-electron chi connectivity index (χ0n) is 16.9. The number of rotatable bonds is 3. The van der Waals surface area contributed by atoms with E-state index in [4.69, 9.17) is 0 Å². The molecule has 0 aliphatic heterocycles. The lowest BCUT2D eigenvalue weighted by Gasteiger charge is -2.27. The number of carbonyl (C=O) groups excluding carboxylic acids is 1. The van der Waals surface area contributed by atoms with Gasteiger partial charge in [-0.3, -0.25) is 0 Å². The highest BCUT2D eigenvalue weighted by atomic mass is 16.4. The van der Waals surface area contributed by atoms with Gasteiger partial charge in [-0.1, -0.05) is 57.9 Å². The Balaban J connectivity index is 0.000000187. The molecule has 0 heterocycles. The van der Waals surface area contributed by atoms with Crippen LogP contribution in [0.5, 0.6) is 0 Å². The van der Waals surface area contributed by atoms with E-state index < -0.39 is 5.97 Å². The standard InChI is InChI=1S/C12H23N.C11H14O2/c1-3-7-11(8-4-1)13-12-9-5-2-6-10-12;1-11(2,3)9-6-4-8(5-7-9)10(12)13/h11-13H,1-10H2;4-7H,1-3H3,(H,12,13). The first-order valence-corrected chi connectivity index (χ1v) is 10.5. The summed E-state index contributed by atoms with van der Waals surface area (Å²) in [6, 6.07) is 8.80. The molecule has 0 amide bonds. The van der Waals surface area contributed by atoms with Crippen LogP contribution in [0.3, 0.4) is 0 Å². The van der Waals surface area contributed by atoms with Crippen molar-refractivity contribution in [2.75, 3.05) is 0 Å². The molecule has 1 aromatic carbocycles. The minimum atomic E-state index is -1.12. The summed E-state index contributed by atoms with van der Waals surface area (Å²) < 4.78 is 0. The van der Waals surface area contributed by atoms with Crippen molar-refractivity contribution in [2.45, 2.75) is 102 Å². The van der Waals surface area contributed by atoms with Crippen molar-refractivity contribution in [2.24, 2.45) is 0 Å². The molecule has 3 rings (SSSR count). The average Bonchev–Trinajstić information content (AvgIpc) is 2.63. The quantitative estimate of drug-likeness (QED) is 0.897. The van der Waals surface area contributed by atoms with Crippen LogP contribution in [0, 0.1) is 0 Å². The summed E-state index contributed by atoms with van der Waals surface area (Å²) in [4.78, 5) is 10.5. The SMILES string of the molecule is C1CCC([NH2+]C2CCCCC2)CC1.CC(C)(C)c1ccc(C(=O)[O-])cc1. The molecule has 0 spiro atoms. The van der Waals surface area contributed by atoms with Crippen LogP contribution in [0.2, 0.25) is 0 Å². The topological polar surface area (TPSA) is 56.7 Å². The molecule has 0 bridgehead atoms. The molecule has 1 aromatic rings. The Morgan fingerprint density at radius 2 is 1.27 bits per heavy atom. The maximum Gasteiger partial charge on any atom is 0.0861 e. The van der Waals surface area contributed by atoms with E-state index in [2.05, 4.69) is 26.1 Å². The summed E-state index contributed by atoms with van der Waals surface area (Å²) in [5, 5.41) is 13.2. The van der Waals surface area contributed by atoms with Crippen molar-refractivity contribution in [3.63, 3.8) is 0 Å². The number of carboxylic acid groups (broad SMARTS) is 1. The third-order valence-electron chi connectivity index (χ3n) is 5.83. The van der Waals surface area contributed by atoms with Gasteiger partial charge in [0.1, 0.15) is 0 Å². The number of quaternary nitrogens is 1. The first-order valence-electron chi connectivity index (χ1n) is 10.5. The fourth-order valence-corrected chi connectivity index (χ4v) is 4.14. The van der Waals surface area contributed by atoms with E-state index in [1.54, 1.807) is 12.1 Å². The van der Waals surface area contributed by atoms with Crippen LogP contribution >= 0.6 is 0 Å². The second-order valence-corrected chi connectivity index (χ2v) is 9.10. The van der Waals surface area contributed by atoms with E-state index in [-0.39, 0.29) is 11.0 Å². The number of hydrogen-bond donors (Lipinski definition) is 1. The number of benzene rings is 1. The van der Waals surface area contributed by atoms with Crippen LogP contribution in [0.4, 0.5) is 0 Å². The highest BCUT2D eigenvalue weighted by molar-refractivity contribution is 5.85. The first-order chi connectivity index (χ1) is 12.4. The van der Waals surface area contributed by atoms with Crippen LogP contribution < -0.4 is 10.4 Å². The summed E-state index contributed by atoms with van der Waals surface area (Å²) >= 11 is 0. The van der Waals surface area contributed by atoms with E-state index >= 15 is 0 Å². The Morgan fingerprint density at radius 1 is 0.846 bits per heavy atom. The largest absolute Gasteiger partial charge is 0.545 e. The molecular weight excluding hydrogens is 322 g/mol. The molecule has 2 saturated carbocycles. The second kappa shape index (κ2) is 10.1. The van der Waals surface area contributed by atoms with Gasteiger partial charge in [0, 0.05) is 0 Å². The third kappa shape index (κ3) is 7.11. The summed E-state index contributed by atoms with van der Waals surface area (Å²) in [6.45, 7) is 6.25. The molecule has 3 heteroatoms. The van der Waals surface area contributed by atoms with Crippen molar-refractivity contribution in [1.29, 1.82) is 0 Å². The highest BCUT2D eigenvalue weighted by Crippen LogP contribution is 2.22. The van der Waals surface area contributed by atoms with Crippen molar-refractivity contribution in [3.05, 3.63) is 35.4 Å². The summed E-state index contributed by atoms with van der Waals surface area (Å²) in [7, 11) is 0. The van der Waals surface area contributed by atoms with Crippen molar-refractivity contribution < 1.29 is 15.2 Å². The lowest BCUT2D eigenvalue weighted by atomic mass is 9.87. The molecular formula is C23H37NO2. The number of hydrogen-bond acceptors (Lipinski definition) is 2. The summed E-state index contributed by atoms with van der Waals surface area (Å²) in [5.41, 5.74) is 1.41. The fraction of sp³-hybridized carbons (Fsp3) is 0.696. The maximum atomic E-state index is 10.5. The normalized spacial score (nSPS) is 19.5. The molecule has 146 valence electrons. The van der Waals surface area contributed by atoms with Gasteiger partial charge < -0.3 is 15.2 Å². The highest BCUT2D eigenvalue weighted by Gasteiger charge is 2.22.